The van der Waals surface area contributed by atoms with E-state index in [2.05, 4.69) is 0 Å². The Balaban J connectivity index is 2.97. The average molecular weight is 194 g/mol. The minimum Gasteiger partial charge on any atom is -0.371 e. The molecule has 0 fully saturated rings. The first kappa shape index (κ1) is 8.66. The highest BCUT2D eigenvalue weighted by atomic mass is 32.2. The molecule has 0 radical (unpaired) electrons. The third-order valence-electron chi connectivity index (χ3n) is 1.07. The van der Waals surface area contributed by atoms with Crippen molar-refractivity contribution in [2.24, 2.45) is 0 Å². The van der Waals surface area contributed by atoms with Crippen LogP contribution in [0.25, 0.3) is 0 Å². The lowest BCUT2D eigenvalue weighted by atomic mass is 10.5. The van der Waals surface area contributed by atoms with Gasteiger partial charge in [-0.25, -0.2) is 0 Å². The van der Waals surface area contributed by atoms with Gasteiger partial charge in [0.15, 0.2) is 0 Å². The van der Waals surface area contributed by atoms with E-state index in [4.69, 9.17) is 9.66 Å². The summed E-state index contributed by atoms with van der Waals surface area (Å²) in [4.78, 5) is 0.215. The monoisotopic (exact) mass is 194 g/mol. The topological polar surface area (TPSA) is 74.6 Å². The molecule has 2 N–H and O–H groups in total. The zero-order chi connectivity index (χ0) is 8.48. The Labute approximate surface area is 67.9 Å². The molecule has 6 heteroatoms. The molecule has 4 nitrogen and oxygen atoms in total. The fourth-order valence-corrected chi connectivity index (χ4v) is 2.07. The Hall–Kier alpha value is -0.430. The molecular weight excluding hydrogens is 188 g/mol. The zero-order valence-corrected chi connectivity index (χ0v) is 6.97. The van der Waals surface area contributed by atoms with Gasteiger partial charge in [-0.3, -0.25) is 4.55 Å². The molecule has 1 aromatic rings. The Morgan fingerprint density at radius 3 is 2.55 bits per heavy atom. The van der Waals surface area contributed by atoms with Gasteiger partial charge in [-0.1, -0.05) is 6.07 Å². The van der Waals surface area contributed by atoms with Crippen LogP contribution in [0, 0.1) is 0 Å². The molecule has 1 rings (SSSR count). The maximum atomic E-state index is 10.3. The van der Waals surface area contributed by atoms with Crippen molar-refractivity contribution in [1.82, 2.24) is 0 Å². The van der Waals surface area contributed by atoms with Crippen molar-refractivity contribution in [3.8, 4) is 0 Å². The van der Waals surface area contributed by atoms with E-state index in [9.17, 15) is 8.42 Å². The van der Waals surface area contributed by atoms with Crippen molar-refractivity contribution in [3.05, 3.63) is 22.4 Å². The Bertz CT molecular complexity index is 312. The van der Waals surface area contributed by atoms with Gasteiger partial charge in [0, 0.05) is 0 Å². The van der Waals surface area contributed by atoms with Gasteiger partial charge >= 0.3 is 0 Å². The van der Waals surface area contributed by atoms with Crippen LogP contribution < -0.4 is 0 Å². The first-order valence-electron chi connectivity index (χ1n) is 2.69. The molecular formula is C5H6O4S2. The molecule has 0 saturated carbocycles. The number of hydrogen-bond donors (Lipinski definition) is 2. The summed E-state index contributed by atoms with van der Waals surface area (Å²) in [6, 6.07) is 3.03. The first-order chi connectivity index (χ1) is 5.02. The first-order valence-corrected chi connectivity index (χ1v) is 5.08. The number of aliphatic hydroxyl groups is 1. The summed E-state index contributed by atoms with van der Waals surface area (Å²) >= 11 is 1.07. The Morgan fingerprint density at radius 1 is 1.55 bits per heavy atom. The van der Waals surface area contributed by atoms with Gasteiger partial charge in [0.2, 0.25) is 5.44 Å². The summed E-state index contributed by atoms with van der Waals surface area (Å²) in [5, 5.41) is 10.5. The molecule has 1 aromatic heterocycles. The number of rotatable bonds is 2. The molecule has 0 aliphatic carbocycles. The molecule has 1 unspecified atom stereocenters. The van der Waals surface area contributed by atoms with Crippen LogP contribution in [0.3, 0.4) is 0 Å². The van der Waals surface area contributed by atoms with Crippen LogP contribution >= 0.6 is 11.3 Å². The smallest absolute Gasteiger partial charge is 0.297 e. The quantitative estimate of drug-likeness (QED) is 0.677. The minimum atomic E-state index is -4.36. The number of thiophene rings is 1. The van der Waals surface area contributed by atoms with Crippen LogP contribution in [-0.4, -0.2) is 18.1 Å². The normalized spacial score (nSPS) is 14.7. The molecule has 0 bridgehead atoms. The molecule has 0 aromatic carbocycles. The second-order valence-electron chi connectivity index (χ2n) is 1.88. The lowest BCUT2D eigenvalue weighted by molar-refractivity contribution is 0.242. The zero-order valence-electron chi connectivity index (χ0n) is 5.34. The van der Waals surface area contributed by atoms with E-state index in [0.717, 1.165) is 11.3 Å². The highest BCUT2D eigenvalue weighted by molar-refractivity contribution is 7.86. The molecule has 0 aliphatic heterocycles. The van der Waals surface area contributed by atoms with Gasteiger partial charge in [-0.2, -0.15) is 8.42 Å². The maximum Gasteiger partial charge on any atom is 0.297 e. The summed E-state index contributed by atoms with van der Waals surface area (Å²) in [5.41, 5.74) is -1.80. The standard InChI is InChI=1S/C5H6O4S2/c6-5(11(7,8)9)4-2-1-3-10-4/h1-3,5-6H,(H,7,8,9). The Kier molecular flexibility index (Phi) is 2.28. The van der Waals surface area contributed by atoms with Gasteiger partial charge in [-0.05, 0) is 11.4 Å². The van der Waals surface area contributed by atoms with Gasteiger partial charge < -0.3 is 5.11 Å². The summed E-state index contributed by atoms with van der Waals surface area (Å²) < 4.78 is 29.1. The van der Waals surface area contributed by atoms with E-state index < -0.39 is 15.6 Å². The average Bonchev–Trinajstić information content (AvgIpc) is 2.34. The summed E-state index contributed by atoms with van der Waals surface area (Å²) in [6.07, 6.45) is 0. The van der Waals surface area contributed by atoms with Crippen LogP contribution in [-0.2, 0) is 10.1 Å². The van der Waals surface area contributed by atoms with Crippen molar-refractivity contribution in [2.45, 2.75) is 5.44 Å². The van der Waals surface area contributed by atoms with Gasteiger partial charge in [0.1, 0.15) is 0 Å². The molecule has 0 spiro atoms. The van der Waals surface area contributed by atoms with Gasteiger partial charge in [0.25, 0.3) is 10.1 Å². The predicted octanol–water partition coefficient (Wildman–Crippen LogP) is 0.627. The summed E-state index contributed by atoms with van der Waals surface area (Å²) in [6.45, 7) is 0. The second kappa shape index (κ2) is 2.90. The molecule has 1 atom stereocenters. The Morgan fingerprint density at radius 2 is 2.18 bits per heavy atom. The molecule has 62 valence electrons. The van der Waals surface area contributed by atoms with E-state index >= 15 is 0 Å². The van der Waals surface area contributed by atoms with Crippen molar-refractivity contribution >= 4 is 21.5 Å². The van der Waals surface area contributed by atoms with Crippen LogP contribution in [0.2, 0.25) is 0 Å². The number of hydrogen-bond acceptors (Lipinski definition) is 4. The third kappa shape index (κ3) is 2.00. The van der Waals surface area contributed by atoms with Crippen molar-refractivity contribution < 1.29 is 18.1 Å². The highest BCUT2D eigenvalue weighted by Gasteiger charge is 2.22. The van der Waals surface area contributed by atoms with E-state index in [1.54, 1.807) is 11.4 Å². The van der Waals surface area contributed by atoms with Crippen molar-refractivity contribution in [1.29, 1.82) is 0 Å². The SMILES string of the molecule is O=S(=O)(O)C(O)c1cccs1. The lowest BCUT2D eigenvalue weighted by Gasteiger charge is -2.02. The molecule has 0 amide bonds. The van der Waals surface area contributed by atoms with Crippen LogP contribution in [0.15, 0.2) is 17.5 Å². The van der Waals surface area contributed by atoms with E-state index in [0.29, 0.717) is 0 Å². The largest absolute Gasteiger partial charge is 0.371 e. The van der Waals surface area contributed by atoms with Crippen molar-refractivity contribution in [2.75, 3.05) is 0 Å². The fraction of sp³-hybridized carbons (Fsp3) is 0.200. The maximum absolute atomic E-state index is 10.3. The molecule has 0 saturated heterocycles. The van der Waals surface area contributed by atoms with Crippen LogP contribution in [0.4, 0.5) is 0 Å². The van der Waals surface area contributed by atoms with Gasteiger partial charge in [0.05, 0.1) is 4.88 Å². The molecule has 1 heterocycles. The van der Waals surface area contributed by atoms with E-state index in [1.807, 2.05) is 0 Å². The van der Waals surface area contributed by atoms with E-state index in [1.165, 1.54) is 6.07 Å². The van der Waals surface area contributed by atoms with E-state index in [-0.39, 0.29) is 4.88 Å². The molecule has 11 heavy (non-hydrogen) atoms. The molecule has 0 aliphatic rings. The summed E-state index contributed by atoms with van der Waals surface area (Å²) in [7, 11) is -4.36. The predicted molar refractivity (Wildman–Crippen MR) is 40.8 cm³/mol. The van der Waals surface area contributed by atoms with Crippen molar-refractivity contribution in [3.63, 3.8) is 0 Å². The van der Waals surface area contributed by atoms with Gasteiger partial charge in [-0.15, -0.1) is 11.3 Å². The fourth-order valence-electron chi connectivity index (χ4n) is 0.579. The van der Waals surface area contributed by atoms with Crippen LogP contribution in [0.5, 0.6) is 0 Å². The highest BCUT2D eigenvalue weighted by Crippen LogP contribution is 2.22. The third-order valence-corrected chi connectivity index (χ3v) is 2.96. The minimum absolute atomic E-state index is 0.215. The lowest BCUT2D eigenvalue weighted by Crippen LogP contribution is -2.09. The summed E-state index contributed by atoms with van der Waals surface area (Å²) in [5.74, 6) is 0. The van der Waals surface area contributed by atoms with Crippen LogP contribution in [0.1, 0.15) is 10.3 Å². The second-order valence-corrected chi connectivity index (χ2v) is 4.34. The number of aliphatic hydroxyl groups excluding tert-OH is 1.